The lowest BCUT2D eigenvalue weighted by Crippen LogP contribution is -2.11. The fourth-order valence-corrected chi connectivity index (χ4v) is 1.72. The molecule has 1 aromatic heterocycles. The summed E-state index contributed by atoms with van der Waals surface area (Å²) in [6.45, 7) is 0. The van der Waals surface area contributed by atoms with Crippen LogP contribution in [-0.4, -0.2) is 24.1 Å². The van der Waals surface area contributed by atoms with E-state index >= 15 is 0 Å². The zero-order chi connectivity index (χ0) is 15.6. The Hall–Kier alpha value is -2.38. The highest BCUT2D eigenvalue weighted by atomic mass is 19.4. The van der Waals surface area contributed by atoms with Crippen molar-refractivity contribution in [2.24, 2.45) is 0 Å². The van der Waals surface area contributed by atoms with Gasteiger partial charge in [-0.25, -0.2) is 14.4 Å². The molecule has 112 valence electrons. The number of methoxy groups -OCH3 is 1. The SMILES string of the molecule is CNc1nc(-c2cc(F)ccc2OC)cc(C(F)(F)F)n1. The first kappa shape index (κ1) is 15.0. The zero-order valence-corrected chi connectivity index (χ0v) is 11.1. The predicted molar refractivity (Wildman–Crippen MR) is 68.5 cm³/mol. The summed E-state index contributed by atoms with van der Waals surface area (Å²) in [4.78, 5) is 7.26. The minimum Gasteiger partial charge on any atom is -0.496 e. The molecule has 0 radical (unpaired) electrons. The van der Waals surface area contributed by atoms with Crippen LogP contribution in [0.25, 0.3) is 11.3 Å². The molecule has 0 bridgehead atoms. The van der Waals surface area contributed by atoms with Crippen molar-refractivity contribution in [2.75, 3.05) is 19.5 Å². The van der Waals surface area contributed by atoms with E-state index in [4.69, 9.17) is 4.74 Å². The Kier molecular flexibility index (Phi) is 3.97. The van der Waals surface area contributed by atoms with Gasteiger partial charge in [-0.2, -0.15) is 13.2 Å². The van der Waals surface area contributed by atoms with Crippen LogP contribution < -0.4 is 10.1 Å². The van der Waals surface area contributed by atoms with Crippen LogP contribution in [0.3, 0.4) is 0 Å². The van der Waals surface area contributed by atoms with Crippen LogP contribution in [-0.2, 0) is 6.18 Å². The number of hydrogen-bond donors (Lipinski definition) is 1. The quantitative estimate of drug-likeness (QED) is 0.883. The molecule has 4 nitrogen and oxygen atoms in total. The van der Waals surface area contributed by atoms with Gasteiger partial charge in [0.05, 0.1) is 12.8 Å². The van der Waals surface area contributed by atoms with Crippen LogP contribution in [0.4, 0.5) is 23.5 Å². The van der Waals surface area contributed by atoms with Gasteiger partial charge in [0.1, 0.15) is 11.6 Å². The molecule has 0 aliphatic rings. The minimum absolute atomic E-state index is 0.0852. The van der Waals surface area contributed by atoms with Gasteiger partial charge >= 0.3 is 6.18 Å². The summed E-state index contributed by atoms with van der Waals surface area (Å²) in [6, 6.07) is 4.27. The van der Waals surface area contributed by atoms with Gasteiger partial charge in [0.25, 0.3) is 0 Å². The van der Waals surface area contributed by atoms with Gasteiger partial charge in [-0.15, -0.1) is 0 Å². The van der Waals surface area contributed by atoms with Gasteiger partial charge in [-0.05, 0) is 24.3 Å². The second kappa shape index (κ2) is 5.55. The van der Waals surface area contributed by atoms with E-state index in [1.165, 1.54) is 20.2 Å². The number of alkyl halides is 3. The number of nitrogens with zero attached hydrogens (tertiary/aromatic N) is 2. The number of ether oxygens (including phenoxy) is 1. The summed E-state index contributed by atoms with van der Waals surface area (Å²) in [5.74, 6) is -0.611. The Morgan fingerprint density at radius 1 is 1.14 bits per heavy atom. The van der Waals surface area contributed by atoms with Gasteiger partial charge in [0.15, 0.2) is 5.69 Å². The Morgan fingerprint density at radius 3 is 2.43 bits per heavy atom. The summed E-state index contributed by atoms with van der Waals surface area (Å²) >= 11 is 0. The van der Waals surface area contributed by atoms with E-state index in [0.717, 1.165) is 18.2 Å². The molecule has 0 fully saturated rings. The molecule has 0 unspecified atom stereocenters. The molecule has 1 aromatic carbocycles. The third kappa shape index (κ3) is 3.21. The lowest BCUT2D eigenvalue weighted by molar-refractivity contribution is -0.141. The second-order valence-electron chi connectivity index (χ2n) is 4.05. The zero-order valence-electron chi connectivity index (χ0n) is 11.1. The predicted octanol–water partition coefficient (Wildman–Crippen LogP) is 3.35. The van der Waals surface area contributed by atoms with Crippen LogP contribution in [0.5, 0.6) is 5.75 Å². The van der Waals surface area contributed by atoms with E-state index in [-0.39, 0.29) is 23.0 Å². The van der Waals surface area contributed by atoms with Crippen LogP contribution in [0.2, 0.25) is 0 Å². The van der Waals surface area contributed by atoms with Crippen molar-refractivity contribution in [1.29, 1.82) is 0 Å². The summed E-state index contributed by atoms with van der Waals surface area (Å²) in [5, 5.41) is 2.44. The molecule has 0 atom stereocenters. The van der Waals surface area contributed by atoms with Gasteiger partial charge < -0.3 is 10.1 Å². The van der Waals surface area contributed by atoms with E-state index in [2.05, 4.69) is 15.3 Å². The summed E-state index contributed by atoms with van der Waals surface area (Å²) < 4.78 is 56.9. The van der Waals surface area contributed by atoms with Crippen molar-refractivity contribution in [2.45, 2.75) is 6.18 Å². The molecule has 1 heterocycles. The maximum absolute atomic E-state index is 13.3. The van der Waals surface area contributed by atoms with Gasteiger partial charge in [0.2, 0.25) is 5.95 Å². The Balaban J connectivity index is 2.66. The third-order valence-electron chi connectivity index (χ3n) is 2.68. The van der Waals surface area contributed by atoms with Gasteiger partial charge in [0, 0.05) is 12.6 Å². The maximum atomic E-state index is 13.3. The lowest BCUT2D eigenvalue weighted by Gasteiger charge is -2.12. The summed E-state index contributed by atoms with van der Waals surface area (Å²) in [6.07, 6.45) is -4.64. The maximum Gasteiger partial charge on any atom is 0.433 e. The van der Waals surface area contributed by atoms with Gasteiger partial charge in [-0.3, -0.25) is 0 Å². The molecule has 21 heavy (non-hydrogen) atoms. The van der Waals surface area contributed by atoms with Crippen molar-refractivity contribution in [1.82, 2.24) is 9.97 Å². The number of aromatic nitrogens is 2. The minimum atomic E-state index is -4.64. The van der Waals surface area contributed by atoms with Gasteiger partial charge in [-0.1, -0.05) is 0 Å². The number of nitrogens with one attached hydrogen (secondary N) is 1. The molecule has 8 heteroatoms. The third-order valence-corrected chi connectivity index (χ3v) is 2.68. The van der Waals surface area contributed by atoms with E-state index in [9.17, 15) is 17.6 Å². The molecule has 0 amide bonds. The summed E-state index contributed by atoms with van der Waals surface area (Å²) in [7, 11) is 2.73. The summed E-state index contributed by atoms with van der Waals surface area (Å²) in [5.41, 5.74) is -1.09. The number of rotatable bonds is 3. The monoisotopic (exact) mass is 301 g/mol. The molecule has 2 aromatic rings. The van der Waals surface area contributed by atoms with E-state index in [0.29, 0.717) is 0 Å². The topological polar surface area (TPSA) is 47.0 Å². The molecule has 0 aliphatic heterocycles. The lowest BCUT2D eigenvalue weighted by atomic mass is 10.1. The molecule has 0 saturated carbocycles. The van der Waals surface area contributed by atoms with Crippen LogP contribution in [0, 0.1) is 5.82 Å². The van der Waals surface area contributed by atoms with Crippen molar-refractivity contribution in [3.63, 3.8) is 0 Å². The van der Waals surface area contributed by atoms with Crippen molar-refractivity contribution >= 4 is 5.95 Å². The molecule has 2 rings (SSSR count). The normalized spacial score (nSPS) is 11.3. The van der Waals surface area contributed by atoms with Crippen molar-refractivity contribution < 1.29 is 22.3 Å². The number of hydrogen-bond acceptors (Lipinski definition) is 4. The first-order valence-corrected chi connectivity index (χ1v) is 5.83. The first-order valence-electron chi connectivity index (χ1n) is 5.83. The highest BCUT2D eigenvalue weighted by molar-refractivity contribution is 5.68. The van der Waals surface area contributed by atoms with Crippen molar-refractivity contribution in [3.8, 4) is 17.0 Å². The average molecular weight is 301 g/mol. The fourth-order valence-electron chi connectivity index (χ4n) is 1.72. The second-order valence-corrected chi connectivity index (χ2v) is 4.05. The van der Waals surface area contributed by atoms with E-state index < -0.39 is 17.7 Å². The number of benzene rings is 1. The van der Waals surface area contributed by atoms with Crippen LogP contribution in [0.15, 0.2) is 24.3 Å². The molecule has 0 spiro atoms. The Morgan fingerprint density at radius 2 is 1.86 bits per heavy atom. The smallest absolute Gasteiger partial charge is 0.433 e. The number of anilines is 1. The van der Waals surface area contributed by atoms with Crippen molar-refractivity contribution in [3.05, 3.63) is 35.8 Å². The molecular weight excluding hydrogens is 290 g/mol. The molecule has 0 saturated heterocycles. The Labute approximate surface area is 117 Å². The molecular formula is C13H11F4N3O. The highest BCUT2D eigenvalue weighted by Gasteiger charge is 2.34. The highest BCUT2D eigenvalue weighted by Crippen LogP contribution is 2.34. The first-order chi connectivity index (χ1) is 9.85. The van der Waals surface area contributed by atoms with Crippen LogP contribution >= 0.6 is 0 Å². The average Bonchev–Trinajstić information content (AvgIpc) is 2.45. The standard InChI is InChI=1S/C13H11F4N3O/c1-18-12-19-9(6-11(20-12)13(15,16)17)8-5-7(14)3-4-10(8)21-2/h3-6H,1-2H3,(H,18,19,20). The largest absolute Gasteiger partial charge is 0.496 e. The molecule has 0 aliphatic carbocycles. The number of halogens is 4. The van der Waals surface area contributed by atoms with Crippen LogP contribution in [0.1, 0.15) is 5.69 Å². The van der Waals surface area contributed by atoms with E-state index in [1.807, 2.05) is 0 Å². The Bertz CT molecular complexity index is 658. The fraction of sp³-hybridized carbons (Fsp3) is 0.231. The molecule has 1 N–H and O–H groups in total. The van der Waals surface area contributed by atoms with E-state index in [1.54, 1.807) is 0 Å².